The summed E-state index contributed by atoms with van der Waals surface area (Å²) in [5, 5.41) is 3.71. The SMILES string of the molecule is COc1ccc(NC(=O)CSc2nc3nc4c(cc3c(=O)n2-c2cccc(C)c2)COC(C)(C)C4)cc1. The first-order valence-corrected chi connectivity index (χ1v) is 12.9. The highest BCUT2D eigenvalue weighted by atomic mass is 32.2. The number of nitrogens with zero attached hydrogens (tertiary/aromatic N) is 3. The topological polar surface area (TPSA) is 95.3 Å². The van der Waals surface area contributed by atoms with Gasteiger partial charge >= 0.3 is 0 Å². The first-order valence-electron chi connectivity index (χ1n) is 12.0. The highest BCUT2D eigenvalue weighted by Gasteiger charge is 2.28. The van der Waals surface area contributed by atoms with Crippen LogP contribution in [0.2, 0.25) is 0 Å². The zero-order chi connectivity index (χ0) is 26.2. The quantitative estimate of drug-likeness (QED) is 0.294. The number of fused-ring (bicyclic) bond motifs is 2. The van der Waals surface area contributed by atoms with Crippen molar-refractivity contribution in [2.75, 3.05) is 18.2 Å². The molecule has 5 rings (SSSR count). The standard InChI is InChI=1S/C28H28N4O4S/c1-17-6-5-7-20(12-17)32-26(34)22-13-18-15-36-28(2,3)14-23(18)30-25(22)31-27(32)37-16-24(33)29-19-8-10-21(35-4)11-9-19/h5-13H,14-16H2,1-4H3,(H,29,33). The molecule has 37 heavy (non-hydrogen) atoms. The maximum absolute atomic E-state index is 13.8. The lowest BCUT2D eigenvalue weighted by molar-refractivity contribution is -0.113. The Morgan fingerprint density at radius 2 is 1.95 bits per heavy atom. The number of rotatable bonds is 6. The van der Waals surface area contributed by atoms with Gasteiger partial charge in [0.1, 0.15) is 5.75 Å². The maximum atomic E-state index is 13.8. The van der Waals surface area contributed by atoms with E-state index in [4.69, 9.17) is 19.4 Å². The number of nitrogens with one attached hydrogen (secondary N) is 1. The minimum atomic E-state index is -0.332. The van der Waals surface area contributed by atoms with Gasteiger partial charge in [0, 0.05) is 17.7 Å². The monoisotopic (exact) mass is 516 g/mol. The number of thioether (sulfide) groups is 1. The predicted octanol–water partition coefficient (Wildman–Crippen LogP) is 4.68. The van der Waals surface area contributed by atoms with Gasteiger partial charge in [-0.05, 0) is 68.8 Å². The lowest BCUT2D eigenvalue weighted by atomic mass is 9.95. The molecule has 190 valence electrons. The molecule has 9 heteroatoms. The van der Waals surface area contributed by atoms with Gasteiger partial charge in [-0.1, -0.05) is 23.9 Å². The zero-order valence-corrected chi connectivity index (χ0v) is 22.0. The van der Waals surface area contributed by atoms with Crippen LogP contribution in [-0.2, 0) is 22.6 Å². The summed E-state index contributed by atoms with van der Waals surface area (Å²) in [5.74, 6) is 0.568. The lowest BCUT2D eigenvalue weighted by Gasteiger charge is -2.31. The number of ether oxygens (including phenoxy) is 2. The van der Waals surface area contributed by atoms with E-state index < -0.39 is 0 Å². The molecule has 3 heterocycles. The highest BCUT2D eigenvalue weighted by Crippen LogP contribution is 2.29. The Bertz CT molecular complexity index is 1550. The fraction of sp³-hybridized carbons (Fsp3) is 0.286. The summed E-state index contributed by atoms with van der Waals surface area (Å²) in [5.41, 5.74) is 3.97. The average molecular weight is 517 g/mol. The second kappa shape index (κ2) is 9.99. The van der Waals surface area contributed by atoms with Crippen LogP contribution in [0.3, 0.4) is 0 Å². The molecule has 0 spiro atoms. The van der Waals surface area contributed by atoms with Gasteiger partial charge in [0.2, 0.25) is 5.91 Å². The Hall–Kier alpha value is -3.69. The van der Waals surface area contributed by atoms with Crippen molar-refractivity contribution >= 4 is 34.4 Å². The number of anilines is 1. The van der Waals surface area contributed by atoms with Crippen LogP contribution in [0.25, 0.3) is 16.7 Å². The molecule has 2 aromatic carbocycles. The summed E-state index contributed by atoms with van der Waals surface area (Å²) in [6.45, 7) is 6.41. The first-order chi connectivity index (χ1) is 17.7. The van der Waals surface area contributed by atoms with Crippen LogP contribution in [-0.4, -0.2) is 38.9 Å². The molecular formula is C28H28N4O4S. The van der Waals surface area contributed by atoms with E-state index in [9.17, 15) is 9.59 Å². The van der Waals surface area contributed by atoms with Gasteiger partial charge in [-0.3, -0.25) is 14.2 Å². The van der Waals surface area contributed by atoms with E-state index in [0.717, 1.165) is 16.8 Å². The van der Waals surface area contributed by atoms with Crippen molar-refractivity contribution < 1.29 is 14.3 Å². The summed E-state index contributed by atoms with van der Waals surface area (Å²) in [7, 11) is 1.59. The molecule has 1 amide bonds. The molecule has 2 aromatic heterocycles. The molecule has 1 N–H and O–H groups in total. The highest BCUT2D eigenvalue weighted by molar-refractivity contribution is 7.99. The average Bonchev–Trinajstić information content (AvgIpc) is 2.86. The van der Waals surface area contributed by atoms with E-state index in [1.807, 2.05) is 51.1 Å². The minimum absolute atomic E-state index is 0.0710. The fourth-order valence-corrected chi connectivity index (χ4v) is 5.07. The molecule has 0 atom stereocenters. The van der Waals surface area contributed by atoms with Gasteiger partial charge in [-0.2, -0.15) is 0 Å². The molecule has 0 saturated heterocycles. The molecule has 0 radical (unpaired) electrons. The molecular weight excluding hydrogens is 488 g/mol. The summed E-state index contributed by atoms with van der Waals surface area (Å²) < 4.78 is 12.7. The number of benzene rings is 2. The fourth-order valence-electron chi connectivity index (χ4n) is 4.27. The van der Waals surface area contributed by atoms with E-state index in [1.54, 1.807) is 35.9 Å². The van der Waals surface area contributed by atoms with Gasteiger partial charge in [0.05, 0.1) is 41.8 Å². The summed E-state index contributed by atoms with van der Waals surface area (Å²) >= 11 is 1.20. The molecule has 0 bridgehead atoms. The van der Waals surface area contributed by atoms with E-state index in [-0.39, 0.29) is 22.8 Å². The van der Waals surface area contributed by atoms with Gasteiger partial charge in [-0.25, -0.2) is 9.97 Å². The van der Waals surface area contributed by atoms with Crippen LogP contribution < -0.4 is 15.6 Å². The number of aryl methyl sites for hydroxylation is 1. The van der Waals surface area contributed by atoms with E-state index in [0.29, 0.717) is 46.3 Å². The molecule has 0 aliphatic carbocycles. The van der Waals surface area contributed by atoms with Crippen molar-refractivity contribution in [3.8, 4) is 11.4 Å². The van der Waals surface area contributed by atoms with Crippen LogP contribution in [0.15, 0.2) is 64.5 Å². The Morgan fingerprint density at radius 3 is 2.68 bits per heavy atom. The predicted molar refractivity (Wildman–Crippen MR) is 145 cm³/mol. The normalized spacial score (nSPS) is 14.3. The molecule has 8 nitrogen and oxygen atoms in total. The first kappa shape index (κ1) is 25.0. The van der Waals surface area contributed by atoms with E-state index in [1.165, 1.54) is 11.8 Å². The van der Waals surface area contributed by atoms with Crippen LogP contribution >= 0.6 is 11.8 Å². The number of hydrogen-bond donors (Lipinski definition) is 1. The van der Waals surface area contributed by atoms with Crippen molar-refractivity contribution in [3.63, 3.8) is 0 Å². The third-order valence-corrected chi connectivity index (χ3v) is 7.11. The molecule has 1 aliphatic rings. The second-order valence-corrected chi connectivity index (χ2v) is 10.6. The maximum Gasteiger partial charge on any atom is 0.268 e. The number of amides is 1. The van der Waals surface area contributed by atoms with Crippen LogP contribution in [0.4, 0.5) is 5.69 Å². The number of carbonyl (C=O) groups is 1. The van der Waals surface area contributed by atoms with Crippen LogP contribution in [0.1, 0.15) is 30.7 Å². The van der Waals surface area contributed by atoms with E-state index >= 15 is 0 Å². The number of carbonyl (C=O) groups excluding carboxylic acids is 1. The zero-order valence-electron chi connectivity index (χ0n) is 21.2. The number of aromatic nitrogens is 3. The molecule has 0 saturated carbocycles. The summed E-state index contributed by atoms with van der Waals surface area (Å²) in [6, 6.07) is 16.6. The van der Waals surface area contributed by atoms with Crippen LogP contribution in [0, 0.1) is 6.92 Å². The van der Waals surface area contributed by atoms with Crippen molar-refractivity contribution in [3.05, 3.63) is 81.8 Å². The number of methoxy groups -OCH3 is 1. The van der Waals surface area contributed by atoms with Crippen molar-refractivity contribution in [2.45, 2.75) is 44.6 Å². The minimum Gasteiger partial charge on any atom is -0.497 e. The third kappa shape index (κ3) is 5.38. The Balaban J connectivity index is 1.51. The molecule has 0 unspecified atom stereocenters. The van der Waals surface area contributed by atoms with Gasteiger partial charge in [-0.15, -0.1) is 0 Å². The molecule has 1 aliphatic heterocycles. The van der Waals surface area contributed by atoms with Gasteiger partial charge in [0.15, 0.2) is 10.8 Å². The number of pyridine rings is 1. The Labute approximate surface area is 219 Å². The van der Waals surface area contributed by atoms with Crippen LogP contribution in [0.5, 0.6) is 5.75 Å². The molecule has 4 aromatic rings. The lowest BCUT2D eigenvalue weighted by Crippen LogP contribution is -2.33. The number of hydrogen-bond acceptors (Lipinski definition) is 7. The third-order valence-electron chi connectivity index (χ3n) is 6.17. The smallest absolute Gasteiger partial charge is 0.268 e. The summed E-state index contributed by atoms with van der Waals surface area (Å²) in [4.78, 5) is 36.1. The Kier molecular flexibility index (Phi) is 6.74. The molecule has 0 fully saturated rings. The van der Waals surface area contributed by atoms with E-state index in [2.05, 4.69) is 5.32 Å². The van der Waals surface area contributed by atoms with Gasteiger partial charge in [0.25, 0.3) is 5.56 Å². The van der Waals surface area contributed by atoms with Crippen molar-refractivity contribution in [1.82, 2.24) is 14.5 Å². The summed E-state index contributed by atoms with van der Waals surface area (Å²) in [6.07, 6.45) is 0.633. The second-order valence-electron chi connectivity index (χ2n) is 9.63. The van der Waals surface area contributed by atoms with Gasteiger partial charge < -0.3 is 14.8 Å². The Morgan fingerprint density at radius 1 is 1.16 bits per heavy atom. The van der Waals surface area contributed by atoms with Crippen molar-refractivity contribution in [1.29, 1.82) is 0 Å². The largest absolute Gasteiger partial charge is 0.497 e. The van der Waals surface area contributed by atoms with Crippen molar-refractivity contribution in [2.24, 2.45) is 0 Å².